The molecule has 0 amide bonds. The van der Waals surface area contributed by atoms with E-state index in [4.69, 9.17) is 11.6 Å². The van der Waals surface area contributed by atoms with E-state index >= 15 is 0 Å². The highest BCUT2D eigenvalue weighted by Gasteiger charge is 2.24. The van der Waals surface area contributed by atoms with Crippen molar-refractivity contribution in [3.8, 4) is 0 Å². The molecule has 0 radical (unpaired) electrons. The van der Waals surface area contributed by atoms with E-state index in [2.05, 4.69) is 18.4 Å². The van der Waals surface area contributed by atoms with Gasteiger partial charge in [0.2, 0.25) is 0 Å². The van der Waals surface area contributed by atoms with E-state index in [1.54, 1.807) is 0 Å². The summed E-state index contributed by atoms with van der Waals surface area (Å²) in [6.45, 7) is 2.17. The van der Waals surface area contributed by atoms with E-state index in [1.165, 1.54) is 29.7 Å². The maximum Gasteiger partial charge on any atom is 0.0342 e. The molecule has 0 spiro atoms. The first-order valence-corrected chi connectivity index (χ1v) is 5.76. The molecule has 0 N–H and O–H groups in total. The van der Waals surface area contributed by atoms with Crippen LogP contribution in [0.25, 0.3) is 0 Å². The van der Waals surface area contributed by atoms with Gasteiger partial charge in [-0.2, -0.15) is 0 Å². The van der Waals surface area contributed by atoms with Gasteiger partial charge in [0.15, 0.2) is 0 Å². The van der Waals surface area contributed by atoms with Crippen LogP contribution in [0.3, 0.4) is 0 Å². The van der Waals surface area contributed by atoms with Gasteiger partial charge in [0.05, 0.1) is 0 Å². The largest absolute Gasteiger partial charge is 0.149 e. The van der Waals surface area contributed by atoms with Gasteiger partial charge in [-0.05, 0) is 49.1 Å². The second-order valence-electron chi connectivity index (χ2n) is 3.60. The highest BCUT2D eigenvalue weighted by Crippen LogP contribution is 2.38. The molecular formula is C10H13ClS. The summed E-state index contributed by atoms with van der Waals surface area (Å²) in [6.07, 6.45) is 3.66. The molecule has 1 aromatic heterocycles. The van der Waals surface area contributed by atoms with Crippen LogP contribution < -0.4 is 0 Å². The highest BCUT2D eigenvalue weighted by molar-refractivity contribution is 7.10. The summed E-state index contributed by atoms with van der Waals surface area (Å²) in [4.78, 5) is 1.42. The Kier molecular flexibility index (Phi) is 2.42. The van der Waals surface area contributed by atoms with Crippen LogP contribution >= 0.6 is 22.9 Å². The Morgan fingerprint density at radius 1 is 1.50 bits per heavy atom. The van der Waals surface area contributed by atoms with Gasteiger partial charge in [-0.15, -0.1) is 22.9 Å². The lowest BCUT2D eigenvalue weighted by molar-refractivity contribution is 0.727. The number of hydrogen-bond acceptors (Lipinski definition) is 1. The molecule has 2 rings (SSSR count). The maximum absolute atomic E-state index is 6.07. The number of halogens is 1. The summed E-state index contributed by atoms with van der Waals surface area (Å²) in [5.41, 5.74) is 1.51. The molecule has 0 nitrogen and oxygen atoms in total. The molecule has 0 aliphatic heterocycles. The molecule has 1 aromatic rings. The van der Waals surface area contributed by atoms with E-state index in [9.17, 15) is 0 Å². The van der Waals surface area contributed by atoms with Crippen LogP contribution in [-0.2, 0) is 0 Å². The third kappa shape index (κ3) is 1.67. The standard InChI is InChI=1S/C10H13ClS/c1-7-4-9(6-12-7)8-2-3-10(11)5-8/h4,6,8,10H,2-3,5H2,1H3. The minimum Gasteiger partial charge on any atom is -0.149 e. The Balaban J connectivity index is 2.11. The molecule has 0 aromatic carbocycles. The van der Waals surface area contributed by atoms with Crippen LogP contribution in [0.5, 0.6) is 0 Å². The summed E-state index contributed by atoms with van der Waals surface area (Å²) in [5, 5.41) is 2.71. The van der Waals surface area contributed by atoms with Crippen molar-refractivity contribution in [3.05, 3.63) is 21.9 Å². The second-order valence-corrected chi connectivity index (χ2v) is 5.33. The van der Waals surface area contributed by atoms with Gasteiger partial charge < -0.3 is 0 Å². The summed E-state index contributed by atoms with van der Waals surface area (Å²) in [6, 6.07) is 2.31. The zero-order valence-electron chi connectivity index (χ0n) is 7.22. The fraction of sp³-hybridized carbons (Fsp3) is 0.600. The minimum atomic E-state index is 0.426. The average Bonchev–Trinajstić information content (AvgIpc) is 2.58. The quantitative estimate of drug-likeness (QED) is 0.603. The molecule has 1 aliphatic rings. The Labute approximate surface area is 82.6 Å². The molecule has 1 aliphatic carbocycles. The minimum absolute atomic E-state index is 0.426. The maximum atomic E-state index is 6.07. The molecule has 66 valence electrons. The third-order valence-electron chi connectivity index (χ3n) is 2.59. The average molecular weight is 201 g/mol. The highest BCUT2D eigenvalue weighted by atomic mass is 35.5. The van der Waals surface area contributed by atoms with Gasteiger partial charge in [0.1, 0.15) is 0 Å². The lowest BCUT2D eigenvalue weighted by atomic mass is 10.0. The molecule has 1 fully saturated rings. The van der Waals surface area contributed by atoms with Gasteiger partial charge in [-0.1, -0.05) is 0 Å². The zero-order chi connectivity index (χ0) is 8.55. The van der Waals surface area contributed by atoms with Crippen molar-refractivity contribution in [3.63, 3.8) is 0 Å². The molecule has 1 saturated carbocycles. The second kappa shape index (κ2) is 3.39. The predicted molar refractivity (Wildman–Crippen MR) is 55.3 cm³/mol. The van der Waals surface area contributed by atoms with E-state index in [1.807, 2.05) is 11.3 Å². The van der Waals surface area contributed by atoms with Crippen molar-refractivity contribution in [2.24, 2.45) is 0 Å². The summed E-state index contributed by atoms with van der Waals surface area (Å²) >= 11 is 7.92. The topological polar surface area (TPSA) is 0 Å². The molecule has 2 heteroatoms. The summed E-state index contributed by atoms with van der Waals surface area (Å²) < 4.78 is 0. The van der Waals surface area contributed by atoms with Gasteiger partial charge in [-0.3, -0.25) is 0 Å². The van der Waals surface area contributed by atoms with E-state index in [-0.39, 0.29) is 0 Å². The number of rotatable bonds is 1. The van der Waals surface area contributed by atoms with Gasteiger partial charge in [0.25, 0.3) is 0 Å². The first-order chi connectivity index (χ1) is 5.75. The lowest BCUT2D eigenvalue weighted by Crippen LogP contribution is -1.91. The molecule has 12 heavy (non-hydrogen) atoms. The molecule has 2 atom stereocenters. The molecule has 0 saturated heterocycles. The van der Waals surface area contributed by atoms with Crippen molar-refractivity contribution in [1.29, 1.82) is 0 Å². The number of alkyl halides is 1. The summed E-state index contributed by atoms with van der Waals surface area (Å²) in [7, 11) is 0. The van der Waals surface area contributed by atoms with Crippen LogP contribution in [0.15, 0.2) is 11.4 Å². The normalized spacial score (nSPS) is 29.5. The van der Waals surface area contributed by atoms with Gasteiger partial charge in [-0.25, -0.2) is 0 Å². The van der Waals surface area contributed by atoms with E-state index in [0.29, 0.717) is 5.38 Å². The van der Waals surface area contributed by atoms with Crippen LogP contribution in [0.2, 0.25) is 0 Å². The first kappa shape index (κ1) is 8.58. The van der Waals surface area contributed by atoms with E-state index < -0.39 is 0 Å². The van der Waals surface area contributed by atoms with Crippen molar-refractivity contribution in [1.82, 2.24) is 0 Å². The number of hydrogen-bond donors (Lipinski definition) is 0. The van der Waals surface area contributed by atoms with Gasteiger partial charge >= 0.3 is 0 Å². The Hall–Kier alpha value is -0.0100. The van der Waals surface area contributed by atoms with Crippen LogP contribution in [0.1, 0.15) is 35.6 Å². The van der Waals surface area contributed by atoms with Crippen molar-refractivity contribution in [2.75, 3.05) is 0 Å². The monoisotopic (exact) mass is 200 g/mol. The van der Waals surface area contributed by atoms with Crippen LogP contribution in [-0.4, -0.2) is 5.38 Å². The Bertz CT molecular complexity index is 267. The zero-order valence-corrected chi connectivity index (χ0v) is 8.79. The molecular weight excluding hydrogens is 188 g/mol. The number of aryl methyl sites for hydroxylation is 1. The predicted octanol–water partition coefficient (Wildman–Crippen LogP) is 3.93. The Morgan fingerprint density at radius 3 is 2.83 bits per heavy atom. The van der Waals surface area contributed by atoms with Gasteiger partial charge in [0, 0.05) is 10.3 Å². The summed E-state index contributed by atoms with van der Waals surface area (Å²) in [5.74, 6) is 0.748. The molecule has 2 unspecified atom stereocenters. The fourth-order valence-electron chi connectivity index (χ4n) is 1.91. The SMILES string of the molecule is Cc1cc(C2CCC(Cl)C2)cs1. The van der Waals surface area contributed by atoms with Crippen LogP contribution in [0, 0.1) is 6.92 Å². The molecule has 0 bridgehead atoms. The van der Waals surface area contributed by atoms with Crippen molar-refractivity contribution >= 4 is 22.9 Å². The Morgan fingerprint density at radius 2 is 2.33 bits per heavy atom. The van der Waals surface area contributed by atoms with Crippen molar-refractivity contribution in [2.45, 2.75) is 37.5 Å². The first-order valence-electron chi connectivity index (χ1n) is 4.45. The molecule has 1 heterocycles. The van der Waals surface area contributed by atoms with E-state index in [0.717, 1.165) is 5.92 Å². The number of thiophene rings is 1. The fourth-order valence-corrected chi connectivity index (χ4v) is 3.03. The third-order valence-corrected chi connectivity index (χ3v) is 3.87. The van der Waals surface area contributed by atoms with Crippen molar-refractivity contribution < 1.29 is 0 Å². The van der Waals surface area contributed by atoms with Crippen LogP contribution in [0.4, 0.5) is 0 Å². The smallest absolute Gasteiger partial charge is 0.0342 e. The lowest BCUT2D eigenvalue weighted by Gasteiger charge is -2.04.